The van der Waals surface area contributed by atoms with Crippen LogP contribution in [-0.2, 0) is 13.1 Å². The van der Waals surface area contributed by atoms with E-state index in [4.69, 9.17) is 12.2 Å². The van der Waals surface area contributed by atoms with E-state index in [9.17, 15) is 0 Å². The molecule has 0 atom stereocenters. The average molecular weight is 284 g/mol. The fraction of sp³-hybridized carbons (Fsp3) is 0.412. The van der Waals surface area contributed by atoms with Crippen LogP contribution < -0.4 is 5.73 Å². The van der Waals surface area contributed by atoms with Gasteiger partial charge in [0.05, 0.1) is 6.54 Å². The zero-order valence-corrected chi connectivity index (χ0v) is 12.5. The summed E-state index contributed by atoms with van der Waals surface area (Å²) in [6, 6.07) is 8.57. The number of nitrogens with zero attached hydrogens (tertiary/aromatic N) is 1. The third-order valence-electron chi connectivity index (χ3n) is 3.88. The van der Waals surface area contributed by atoms with E-state index in [0.717, 1.165) is 25.6 Å². The maximum atomic E-state index is 5.93. The van der Waals surface area contributed by atoms with Crippen molar-refractivity contribution < 1.29 is 0 Å². The molecule has 1 aromatic carbocycles. The minimum atomic E-state index is 0.613. The van der Waals surface area contributed by atoms with Gasteiger partial charge in [-0.05, 0) is 35.8 Å². The van der Waals surface area contributed by atoms with Gasteiger partial charge in [-0.2, -0.15) is 0 Å². The standard InChI is InChI=1S/C17H20N2S/c1-2-9-19(11-13-7-8-13)12-15-14-5-3-4-6-16(14)20-17(15)10-18/h1,3-6,13H,7-12,18H2. The summed E-state index contributed by atoms with van der Waals surface area (Å²) in [5, 5.41) is 1.34. The van der Waals surface area contributed by atoms with Gasteiger partial charge in [0.25, 0.3) is 0 Å². The smallest absolute Gasteiger partial charge is 0.0601 e. The summed E-state index contributed by atoms with van der Waals surface area (Å²) in [6.45, 7) is 3.39. The van der Waals surface area contributed by atoms with Crippen LogP contribution in [0.15, 0.2) is 24.3 Å². The molecule has 2 N–H and O–H groups in total. The Morgan fingerprint density at radius 2 is 2.15 bits per heavy atom. The molecule has 2 nitrogen and oxygen atoms in total. The molecule has 0 unspecified atom stereocenters. The quantitative estimate of drug-likeness (QED) is 0.825. The predicted molar refractivity (Wildman–Crippen MR) is 86.6 cm³/mol. The number of benzene rings is 1. The summed E-state index contributed by atoms with van der Waals surface area (Å²) >= 11 is 1.82. The molecule has 20 heavy (non-hydrogen) atoms. The molecule has 1 saturated carbocycles. The number of thiophene rings is 1. The second-order valence-corrected chi connectivity index (χ2v) is 6.66. The molecule has 0 aliphatic heterocycles. The van der Waals surface area contributed by atoms with Crippen LogP contribution in [-0.4, -0.2) is 18.0 Å². The van der Waals surface area contributed by atoms with Gasteiger partial charge in [-0.25, -0.2) is 0 Å². The Bertz CT molecular complexity index is 634. The number of nitrogens with two attached hydrogens (primary N) is 1. The molecule has 0 radical (unpaired) electrons. The van der Waals surface area contributed by atoms with Gasteiger partial charge in [-0.3, -0.25) is 4.90 Å². The van der Waals surface area contributed by atoms with Crippen molar-refractivity contribution in [1.29, 1.82) is 0 Å². The van der Waals surface area contributed by atoms with Gasteiger partial charge < -0.3 is 5.73 Å². The highest BCUT2D eigenvalue weighted by atomic mass is 32.1. The maximum Gasteiger partial charge on any atom is 0.0601 e. The highest BCUT2D eigenvalue weighted by Crippen LogP contribution is 2.34. The van der Waals surface area contributed by atoms with Crippen LogP contribution in [0, 0.1) is 18.3 Å². The summed E-state index contributed by atoms with van der Waals surface area (Å²) in [4.78, 5) is 3.69. The summed E-state index contributed by atoms with van der Waals surface area (Å²) in [5.41, 5.74) is 7.31. The minimum Gasteiger partial charge on any atom is -0.326 e. The van der Waals surface area contributed by atoms with Gasteiger partial charge in [-0.15, -0.1) is 17.8 Å². The molecule has 0 saturated heterocycles. The Hall–Kier alpha value is -1.34. The predicted octanol–water partition coefficient (Wildman–Crippen LogP) is 3.21. The largest absolute Gasteiger partial charge is 0.326 e. The summed E-state index contributed by atoms with van der Waals surface area (Å²) < 4.78 is 1.33. The lowest BCUT2D eigenvalue weighted by Crippen LogP contribution is -2.26. The summed E-state index contributed by atoms with van der Waals surface area (Å²) in [7, 11) is 0. The van der Waals surface area contributed by atoms with Crippen LogP contribution in [0.4, 0.5) is 0 Å². The zero-order valence-electron chi connectivity index (χ0n) is 11.6. The molecule has 104 valence electrons. The highest BCUT2D eigenvalue weighted by Gasteiger charge is 2.25. The van der Waals surface area contributed by atoms with Crippen molar-refractivity contribution in [1.82, 2.24) is 4.90 Å². The van der Waals surface area contributed by atoms with Gasteiger partial charge in [0, 0.05) is 29.2 Å². The lowest BCUT2D eigenvalue weighted by Gasteiger charge is -2.20. The van der Waals surface area contributed by atoms with Crippen molar-refractivity contribution in [2.24, 2.45) is 11.7 Å². The van der Waals surface area contributed by atoms with E-state index in [-0.39, 0.29) is 0 Å². The van der Waals surface area contributed by atoms with Crippen LogP contribution in [0.2, 0.25) is 0 Å². The summed E-state index contributed by atoms with van der Waals surface area (Å²) in [5.74, 6) is 3.65. The molecule has 1 aromatic heterocycles. The molecule has 3 rings (SSSR count). The number of hydrogen-bond donors (Lipinski definition) is 1. The first-order valence-electron chi connectivity index (χ1n) is 7.17. The second-order valence-electron chi connectivity index (χ2n) is 5.52. The SMILES string of the molecule is C#CCN(Cc1c(CN)sc2ccccc12)CC1CC1. The maximum absolute atomic E-state index is 5.93. The number of rotatable bonds is 6. The second kappa shape index (κ2) is 5.97. The third kappa shape index (κ3) is 2.88. The lowest BCUT2D eigenvalue weighted by molar-refractivity contribution is 0.287. The van der Waals surface area contributed by atoms with Gasteiger partial charge in [0.15, 0.2) is 0 Å². The van der Waals surface area contributed by atoms with E-state index in [1.807, 2.05) is 11.3 Å². The molecule has 0 bridgehead atoms. The Balaban J connectivity index is 1.89. The van der Waals surface area contributed by atoms with Crippen molar-refractivity contribution in [3.05, 3.63) is 34.7 Å². The van der Waals surface area contributed by atoms with Crippen LogP contribution in [0.25, 0.3) is 10.1 Å². The Morgan fingerprint density at radius 1 is 1.35 bits per heavy atom. The summed E-state index contributed by atoms with van der Waals surface area (Å²) in [6.07, 6.45) is 8.24. The Labute approximate surface area is 124 Å². The molecular weight excluding hydrogens is 264 g/mol. The van der Waals surface area contributed by atoms with Crippen LogP contribution >= 0.6 is 11.3 Å². The number of hydrogen-bond acceptors (Lipinski definition) is 3. The Morgan fingerprint density at radius 3 is 2.85 bits per heavy atom. The fourth-order valence-corrected chi connectivity index (χ4v) is 3.79. The highest BCUT2D eigenvalue weighted by molar-refractivity contribution is 7.19. The first-order valence-corrected chi connectivity index (χ1v) is 7.98. The molecule has 1 heterocycles. The third-order valence-corrected chi connectivity index (χ3v) is 5.11. The van der Waals surface area contributed by atoms with Crippen molar-refractivity contribution in [3.63, 3.8) is 0 Å². The molecule has 3 heteroatoms. The van der Waals surface area contributed by atoms with Crippen molar-refractivity contribution in [3.8, 4) is 12.3 Å². The van der Waals surface area contributed by atoms with Crippen molar-refractivity contribution in [2.45, 2.75) is 25.9 Å². The number of fused-ring (bicyclic) bond motifs is 1. The van der Waals surface area contributed by atoms with E-state index in [2.05, 4.69) is 35.1 Å². The molecular formula is C17H20N2S. The van der Waals surface area contributed by atoms with Crippen LogP contribution in [0.5, 0.6) is 0 Å². The molecule has 0 spiro atoms. The fourth-order valence-electron chi connectivity index (χ4n) is 2.69. The van der Waals surface area contributed by atoms with E-state index >= 15 is 0 Å². The monoisotopic (exact) mass is 284 g/mol. The van der Waals surface area contributed by atoms with Gasteiger partial charge in [-0.1, -0.05) is 24.1 Å². The van der Waals surface area contributed by atoms with Gasteiger partial charge in [0.2, 0.25) is 0 Å². The molecule has 1 aliphatic rings. The molecule has 1 aliphatic carbocycles. The van der Waals surface area contributed by atoms with E-state index < -0.39 is 0 Å². The van der Waals surface area contributed by atoms with Gasteiger partial charge in [0.1, 0.15) is 0 Å². The van der Waals surface area contributed by atoms with Crippen LogP contribution in [0.1, 0.15) is 23.3 Å². The van der Waals surface area contributed by atoms with E-state index in [1.54, 1.807) is 0 Å². The van der Waals surface area contributed by atoms with Crippen molar-refractivity contribution in [2.75, 3.05) is 13.1 Å². The van der Waals surface area contributed by atoms with E-state index in [0.29, 0.717) is 6.54 Å². The zero-order chi connectivity index (χ0) is 13.9. The average Bonchev–Trinajstić information content (AvgIpc) is 3.20. The van der Waals surface area contributed by atoms with Crippen LogP contribution in [0.3, 0.4) is 0 Å². The topological polar surface area (TPSA) is 29.3 Å². The normalized spacial score (nSPS) is 14.8. The lowest BCUT2D eigenvalue weighted by atomic mass is 10.1. The first-order chi connectivity index (χ1) is 9.81. The van der Waals surface area contributed by atoms with E-state index in [1.165, 1.54) is 33.4 Å². The molecule has 2 aromatic rings. The molecule has 1 fully saturated rings. The van der Waals surface area contributed by atoms with Crippen molar-refractivity contribution >= 4 is 21.4 Å². The van der Waals surface area contributed by atoms with Gasteiger partial charge >= 0.3 is 0 Å². The molecule has 0 amide bonds. The number of terminal acetylenes is 1. The minimum absolute atomic E-state index is 0.613. The first kappa shape index (κ1) is 13.6. The Kier molecular flexibility index (Phi) is 4.07.